The summed E-state index contributed by atoms with van der Waals surface area (Å²) >= 11 is 0. The van der Waals surface area contributed by atoms with Crippen molar-refractivity contribution in [2.45, 2.75) is 39.5 Å². The Hall–Kier alpha value is -2.30. The molecule has 0 saturated heterocycles. The molecule has 0 aromatic heterocycles. The first-order valence-corrected chi connectivity index (χ1v) is 7.99. The summed E-state index contributed by atoms with van der Waals surface area (Å²) in [6.45, 7) is 5.96. The molecule has 2 rings (SSSR count). The van der Waals surface area contributed by atoms with Gasteiger partial charge in [0.05, 0.1) is 11.1 Å². The van der Waals surface area contributed by atoms with Crippen molar-refractivity contribution in [3.05, 3.63) is 71.3 Å². The van der Waals surface area contributed by atoms with Crippen LogP contribution >= 0.6 is 0 Å². The molecule has 0 bridgehead atoms. The lowest BCUT2D eigenvalue weighted by Gasteiger charge is -2.26. The zero-order chi connectivity index (χ0) is 18.7. The topological polar surface area (TPSA) is 26.3 Å². The maximum atomic E-state index is 12.7. The number of rotatable bonds is 4. The average Bonchev–Trinajstić information content (AvgIpc) is 2.53. The van der Waals surface area contributed by atoms with Crippen molar-refractivity contribution < 1.29 is 22.7 Å². The van der Waals surface area contributed by atoms with E-state index in [0.717, 1.165) is 12.1 Å². The molecule has 0 saturated carbocycles. The molecular weight excluding hydrogens is 329 g/mol. The Kier molecular flexibility index (Phi) is 5.55. The molecule has 5 heteroatoms. The van der Waals surface area contributed by atoms with E-state index in [1.807, 2.05) is 20.8 Å². The number of benzene rings is 2. The average molecular weight is 350 g/mol. The van der Waals surface area contributed by atoms with Gasteiger partial charge >= 0.3 is 12.1 Å². The maximum Gasteiger partial charge on any atom is 0.416 e. The number of carbonyl (C=O) groups is 1. The minimum atomic E-state index is -4.39. The summed E-state index contributed by atoms with van der Waals surface area (Å²) < 4.78 is 43.8. The van der Waals surface area contributed by atoms with Crippen LogP contribution < -0.4 is 0 Å². The fraction of sp³-hybridized carbons (Fsp3) is 0.350. The van der Waals surface area contributed by atoms with Gasteiger partial charge in [-0.25, -0.2) is 4.79 Å². The molecule has 2 aromatic rings. The number of esters is 1. The molecule has 0 heterocycles. The van der Waals surface area contributed by atoms with Gasteiger partial charge in [0.1, 0.15) is 6.10 Å². The van der Waals surface area contributed by atoms with E-state index in [0.29, 0.717) is 17.5 Å². The molecule has 0 radical (unpaired) electrons. The summed E-state index contributed by atoms with van der Waals surface area (Å²) in [6, 6.07) is 13.3. The van der Waals surface area contributed by atoms with Gasteiger partial charge in [-0.2, -0.15) is 13.2 Å². The Morgan fingerprint density at radius 3 is 2.00 bits per heavy atom. The summed E-state index contributed by atoms with van der Waals surface area (Å²) in [7, 11) is 0. The first-order valence-electron chi connectivity index (χ1n) is 7.99. The van der Waals surface area contributed by atoms with Gasteiger partial charge in [0.2, 0.25) is 0 Å². The van der Waals surface area contributed by atoms with Crippen LogP contribution in [0.5, 0.6) is 0 Å². The molecule has 2 nitrogen and oxygen atoms in total. The van der Waals surface area contributed by atoms with Crippen molar-refractivity contribution in [3.63, 3.8) is 0 Å². The summed E-state index contributed by atoms with van der Waals surface area (Å²) in [5, 5.41) is 0. The first-order chi connectivity index (χ1) is 11.6. The van der Waals surface area contributed by atoms with Gasteiger partial charge in [-0.15, -0.1) is 0 Å². The van der Waals surface area contributed by atoms with Gasteiger partial charge in [-0.05, 0) is 41.7 Å². The number of hydrogen-bond donors (Lipinski definition) is 0. The van der Waals surface area contributed by atoms with E-state index in [9.17, 15) is 18.0 Å². The highest BCUT2D eigenvalue weighted by atomic mass is 19.4. The second kappa shape index (κ2) is 7.30. The van der Waals surface area contributed by atoms with E-state index in [1.165, 1.54) is 12.1 Å². The monoisotopic (exact) mass is 350 g/mol. The molecule has 134 valence electrons. The van der Waals surface area contributed by atoms with Crippen LogP contribution in [0.2, 0.25) is 0 Å². The Balaban J connectivity index is 2.25. The van der Waals surface area contributed by atoms with E-state index < -0.39 is 23.8 Å². The van der Waals surface area contributed by atoms with Crippen LogP contribution in [0.15, 0.2) is 54.6 Å². The predicted molar refractivity (Wildman–Crippen MR) is 90.1 cm³/mol. The summed E-state index contributed by atoms with van der Waals surface area (Å²) in [5.74, 6) is -0.491. The van der Waals surface area contributed by atoms with Crippen LogP contribution in [0.3, 0.4) is 0 Å². The van der Waals surface area contributed by atoms with Gasteiger partial charge in [-0.1, -0.05) is 51.1 Å². The number of carbonyl (C=O) groups excluding carboxylic acids is 1. The van der Waals surface area contributed by atoms with Gasteiger partial charge in [0.15, 0.2) is 0 Å². The standard InChI is InChI=1S/C20H21F3O2/c1-19(2,3)13-17(25-18(24)15-7-5-4-6-8-15)14-9-11-16(12-10-14)20(21,22)23/h4-12,17H,13H2,1-3H3. The van der Waals surface area contributed by atoms with Crippen LogP contribution in [-0.4, -0.2) is 5.97 Å². The minimum absolute atomic E-state index is 0.162. The fourth-order valence-electron chi connectivity index (χ4n) is 2.44. The van der Waals surface area contributed by atoms with Crippen LogP contribution in [0.4, 0.5) is 13.2 Å². The van der Waals surface area contributed by atoms with Gasteiger partial charge in [-0.3, -0.25) is 0 Å². The Morgan fingerprint density at radius 1 is 0.960 bits per heavy atom. The van der Waals surface area contributed by atoms with Crippen molar-refractivity contribution in [1.29, 1.82) is 0 Å². The third-order valence-corrected chi connectivity index (χ3v) is 3.67. The SMILES string of the molecule is CC(C)(C)CC(OC(=O)c1ccccc1)c1ccc(C(F)(F)F)cc1. The quantitative estimate of drug-likeness (QED) is 0.628. The van der Waals surface area contributed by atoms with Gasteiger partial charge in [0, 0.05) is 0 Å². The smallest absolute Gasteiger partial charge is 0.416 e. The molecule has 2 aromatic carbocycles. The zero-order valence-electron chi connectivity index (χ0n) is 14.4. The Bertz CT molecular complexity index is 698. The van der Waals surface area contributed by atoms with Crippen molar-refractivity contribution >= 4 is 5.97 Å². The van der Waals surface area contributed by atoms with Crippen LogP contribution in [0, 0.1) is 5.41 Å². The molecule has 0 aliphatic heterocycles. The first kappa shape index (κ1) is 19.0. The van der Waals surface area contributed by atoms with Crippen molar-refractivity contribution in [2.75, 3.05) is 0 Å². The molecule has 0 N–H and O–H groups in total. The summed E-state index contributed by atoms with van der Waals surface area (Å²) in [6.07, 6.45) is -4.51. The van der Waals surface area contributed by atoms with E-state index in [1.54, 1.807) is 30.3 Å². The molecule has 0 aliphatic rings. The number of ether oxygens (including phenoxy) is 1. The highest BCUT2D eigenvalue weighted by Crippen LogP contribution is 2.35. The normalized spacial score (nSPS) is 13.4. The van der Waals surface area contributed by atoms with Crippen LogP contribution in [0.1, 0.15) is 54.8 Å². The van der Waals surface area contributed by atoms with Crippen LogP contribution in [0.25, 0.3) is 0 Å². The Labute approximate surface area is 145 Å². The molecular formula is C20H21F3O2. The van der Waals surface area contributed by atoms with E-state index >= 15 is 0 Å². The van der Waals surface area contributed by atoms with Crippen molar-refractivity contribution in [2.24, 2.45) is 5.41 Å². The highest BCUT2D eigenvalue weighted by Gasteiger charge is 2.31. The third-order valence-electron chi connectivity index (χ3n) is 3.67. The number of halogens is 3. The number of hydrogen-bond acceptors (Lipinski definition) is 2. The van der Waals surface area contributed by atoms with E-state index in [2.05, 4.69) is 0 Å². The molecule has 1 unspecified atom stereocenters. The number of alkyl halides is 3. The molecule has 0 amide bonds. The largest absolute Gasteiger partial charge is 0.454 e. The zero-order valence-corrected chi connectivity index (χ0v) is 14.4. The maximum absolute atomic E-state index is 12.7. The summed E-state index contributed by atoms with van der Waals surface area (Å²) in [5.41, 5.74) is 0.0744. The highest BCUT2D eigenvalue weighted by molar-refractivity contribution is 5.89. The lowest BCUT2D eigenvalue weighted by atomic mass is 9.86. The van der Waals surface area contributed by atoms with Crippen LogP contribution in [-0.2, 0) is 10.9 Å². The fourth-order valence-corrected chi connectivity index (χ4v) is 2.44. The second-order valence-corrected chi connectivity index (χ2v) is 7.14. The van der Waals surface area contributed by atoms with E-state index in [4.69, 9.17) is 4.74 Å². The lowest BCUT2D eigenvalue weighted by Crippen LogP contribution is -2.18. The van der Waals surface area contributed by atoms with E-state index in [-0.39, 0.29) is 5.41 Å². The molecule has 0 spiro atoms. The van der Waals surface area contributed by atoms with Crippen molar-refractivity contribution in [3.8, 4) is 0 Å². The Morgan fingerprint density at radius 2 is 1.52 bits per heavy atom. The predicted octanol–water partition coefficient (Wildman–Crippen LogP) is 6.04. The summed E-state index contributed by atoms with van der Waals surface area (Å²) in [4.78, 5) is 12.3. The molecule has 1 atom stereocenters. The van der Waals surface area contributed by atoms with Crippen molar-refractivity contribution in [1.82, 2.24) is 0 Å². The lowest BCUT2D eigenvalue weighted by molar-refractivity contribution is -0.137. The third kappa shape index (κ3) is 5.62. The second-order valence-electron chi connectivity index (χ2n) is 7.14. The minimum Gasteiger partial charge on any atom is -0.454 e. The van der Waals surface area contributed by atoms with Gasteiger partial charge < -0.3 is 4.74 Å². The molecule has 0 aliphatic carbocycles. The molecule has 0 fully saturated rings. The van der Waals surface area contributed by atoms with Gasteiger partial charge in [0.25, 0.3) is 0 Å². The molecule has 25 heavy (non-hydrogen) atoms.